The summed E-state index contributed by atoms with van der Waals surface area (Å²) in [4.78, 5) is 18.2. The maximum atomic E-state index is 12.3. The van der Waals surface area contributed by atoms with Gasteiger partial charge >= 0.3 is 0 Å². The van der Waals surface area contributed by atoms with Crippen LogP contribution in [-0.2, 0) is 0 Å². The summed E-state index contributed by atoms with van der Waals surface area (Å²) in [5.74, 6) is -0.177. The number of aliphatic hydroxyl groups is 1. The summed E-state index contributed by atoms with van der Waals surface area (Å²) >= 11 is 6.18. The number of nitrogens with zero attached hydrogens (tertiary/aromatic N) is 2. The van der Waals surface area contributed by atoms with Gasteiger partial charge in [-0.25, -0.2) is 4.98 Å². The van der Waals surface area contributed by atoms with Gasteiger partial charge in [0.1, 0.15) is 5.69 Å². The van der Waals surface area contributed by atoms with Crippen molar-refractivity contribution in [1.82, 2.24) is 9.88 Å². The van der Waals surface area contributed by atoms with Crippen LogP contribution in [0.3, 0.4) is 0 Å². The topological polar surface area (TPSA) is 53.4 Å². The number of carbonyl (C=O) groups excluding carboxylic acids is 1. The Morgan fingerprint density at radius 3 is 2.95 bits per heavy atom. The Labute approximate surface area is 115 Å². The van der Waals surface area contributed by atoms with Crippen molar-refractivity contribution >= 4 is 28.4 Å². The minimum atomic E-state index is -0.431. The molecule has 19 heavy (non-hydrogen) atoms. The van der Waals surface area contributed by atoms with Gasteiger partial charge in [-0.3, -0.25) is 4.79 Å². The predicted molar refractivity (Wildman–Crippen MR) is 73.3 cm³/mol. The van der Waals surface area contributed by atoms with Crippen molar-refractivity contribution in [2.75, 3.05) is 13.1 Å². The third-order valence-corrected chi connectivity index (χ3v) is 3.65. The first-order valence-electron chi connectivity index (χ1n) is 6.18. The summed E-state index contributed by atoms with van der Waals surface area (Å²) < 4.78 is 0. The van der Waals surface area contributed by atoms with E-state index in [0.29, 0.717) is 35.7 Å². The Hall–Kier alpha value is -1.65. The van der Waals surface area contributed by atoms with Gasteiger partial charge in [-0.2, -0.15) is 0 Å². The molecule has 2 heterocycles. The van der Waals surface area contributed by atoms with Gasteiger partial charge in [0, 0.05) is 18.5 Å². The molecule has 4 nitrogen and oxygen atoms in total. The zero-order chi connectivity index (χ0) is 13.4. The van der Waals surface area contributed by atoms with Crippen LogP contribution in [0.25, 0.3) is 10.9 Å². The summed E-state index contributed by atoms with van der Waals surface area (Å²) in [6, 6.07) is 9.04. The molecule has 98 valence electrons. The van der Waals surface area contributed by atoms with E-state index >= 15 is 0 Å². The number of fused-ring (bicyclic) bond motifs is 1. The zero-order valence-electron chi connectivity index (χ0n) is 10.2. The molecule has 1 aromatic carbocycles. The molecule has 1 N–H and O–H groups in total. The molecule has 0 spiro atoms. The van der Waals surface area contributed by atoms with Crippen LogP contribution in [-0.4, -0.2) is 40.1 Å². The van der Waals surface area contributed by atoms with Crippen molar-refractivity contribution in [1.29, 1.82) is 0 Å². The van der Waals surface area contributed by atoms with Crippen LogP contribution < -0.4 is 0 Å². The zero-order valence-corrected chi connectivity index (χ0v) is 11.0. The van der Waals surface area contributed by atoms with E-state index < -0.39 is 6.10 Å². The average molecular weight is 277 g/mol. The van der Waals surface area contributed by atoms with Gasteiger partial charge in [0.2, 0.25) is 0 Å². The maximum Gasteiger partial charge on any atom is 0.272 e. The molecule has 0 saturated carbocycles. The lowest BCUT2D eigenvalue weighted by molar-refractivity contribution is 0.0759. The van der Waals surface area contributed by atoms with Crippen LogP contribution in [0.1, 0.15) is 16.9 Å². The first-order valence-corrected chi connectivity index (χ1v) is 6.55. The molecule has 1 atom stereocenters. The number of likely N-dealkylation sites (tertiary alicyclic amines) is 1. The quantitative estimate of drug-likeness (QED) is 0.868. The van der Waals surface area contributed by atoms with Crippen LogP contribution in [0.4, 0.5) is 0 Å². The van der Waals surface area contributed by atoms with Crippen LogP contribution in [0, 0.1) is 0 Å². The van der Waals surface area contributed by atoms with Crippen LogP contribution in [0.5, 0.6) is 0 Å². The van der Waals surface area contributed by atoms with E-state index in [1.54, 1.807) is 11.0 Å². The fourth-order valence-corrected chi connectivity index (χ4v) is 2.59. The van der Waals surface area contributed by atoms with E-state index in [2.05, 4.69) is 4.98 Å². The molecule has 0 aliphatic carbocycles. The standard InChI is InChI=1S/C14H13ClN2O2/c15-11-7-13(14(19)17-6-5-9(18)8-17)16-12-4-2-1-3-10(11)12/h1-4,7,9,18H,5-6,8H2/t9-/m1/s1. The summed E-state index contributed by atoms with van der Waals surface area (Å²) in [6.45, 7) is 0.928. The number of halogens is 1. The molecule has 1 amide bonds. The Morgan fingerprint density at radius 2 is 2.21 bits per heavy atom. The molecule has 1 saturated heterocycles. The number of carbonyl (C=O) groups is 1. The van der Waals surface area contributed by atoms with Gasteiger partial charge in [-0.15, -0.1) is 0 Å². The molecule has 2 aromatic rings. The first kappa shape index (κ1) is 12.4. The van der Waals surface area contributed by atoms with Gasteiger partial charge in [0.05, 0.1) is 16.6 Å². The summed E-state index contributed by atoms with van der Waals surface area (Å²) in [7, 11) is 0. The average Bonchev–Trinajstić information content (AvgIpc) is 2.84. The second-order valence-electron chi connectivity index (χ2n) is 4.70. The minimum absolute atomic E-state index is 0.177. The maximum absolute atomic E-state index is 12.3. The highest BCUT2D eigenvalue weighted by Crippen LogP contribution is 2.24. The van der Waals surface area contributed by atoms with Crippen molar-refractivity contribution in [3.63, 3.8) is 0 Å². The first-order chi connectivity index (χ1) is 9.15. The van der Waals surface area contributed by atoms with E-state index in [4.69, 9.17) is 11.6 Å². The Balaban J connectivity index is 1.99. The highest BCUT2D eigenvalue weighted by molar-refractivity contribution is 6.35. The number of aromatic nitrogens is 1. The number of hydrogen-bond acceptors (Lipinski definition) is 3. The van der Waals surface area contributed by atoms with Crippen molar-refractivity contribution in [2.24, 2.45) is 0 Å². The van der Waals surface area contributed by atoms with E-state index in [1.807, 2.05) is 24.3 Å². The Morgan fingerprint density at radius 1 is 1.42 bits per heavy atom. The summed E-state index contributed by atoms with van der Waals surface area (Å²) in [5.41, 5.74) is 1.04. The lowest BCUT2D eigenvalue weighted by atomic mass is 10.2. The molecule has 0 unspecified atom stereocenters. The molecular weight excluding hydrogens is 264 g/mol. The third-order valence-electron chi connectivity index (χ3n) is 3.34. The van der Waals surface area contributed by atoms with Gasteiger partial charge < -0.3 is 10.0 Å². The number of amides is 1. The fourth-order valence-electron chi connectivity index (χ4n) is 2.33. The normalized spacial score (nSPS) is 19.1. The largest absolute Gasteiger partial charge is 0.391 e. The van der Waals surface area contributed by atoms with Crippen molar-refractivity contribution in [3.05, 3.63) is 41.0 Å². The highest BCUT2D eigenvalue weighted by Gasteiger charge is 2.26. The Kier molecular flexibility index (Phi) is 3.12. The number of β-amino-alcohol motifs (C(OH)–C–C–N with tert-alkyl or cyclic N) is 1. The lowest BCUT2D eigenvalue weighted by Gasteiger charge is -2.15. The van der Waals surface area contributed by atoms with Crippen LogP contribution in [0.15, 0.2) is 30.3 Å². The van der Waals surface area contributed by atoms with E-state index in [-0.39, 0.29) is 5.91 Å². The molecule has 0 bridgehead atoms. The Bertz CT molecular complexity index is 644. The van der Waals surface area contributed by atoms with E-state index in [9.17, 15) is 9.90 Å². The second kappa shape index (κ2) is 4.79. The molecule has 3 rings (SSSR count). The van der Waals surface area contributed by atoms with Crippen molar-refractivity contribution < 1.29 is 9.90 Å². The number of hydrogen-bond donors (Lipinski definition) is 1. The highest BCUT2D eigenvalue weighted by atomic mass is 35.5. The van der Waals surface area contributed by atoms with E-state index in [1.165, 1.54) is 0 Å². The molecule has 1 aromatic heterocycles. The number of benzene rings is 1. The number of para-hydroxylation sites is 1. The number of pyridine rings is 1. The summed E-state index contributed by atoms with van der Waals surface area (Å²) in [6.07, 6.45) is 0.187. The predicted octanol–water partition coefficient (Wildman–Crippen LogP) is 2.09. The van der Waals surface area contributed by atoms with Crippen LogP contribution in [0.2, 0.25) is 5.02 Å². The fraction of sp³-hybridized carbons (Fsp3) is 0.286. The summed E-state index contributed by atoms with van der Waals surface area (Å²) in [5, 5.41) is 10.8. The second-order valence-corrected chi connectivity index (χ2v) is 5.11. The van der Waals surface area contributed by atoms with E-state index in [0.717, 1.165) is 5.39 Å². The third kappa shape index (κ3) is 2.29. The molecule has 5 heteroatoms. The van der Waals surface area contributed by atoms with Gasteiger partial charge in [0.15, 0.2) is 0 Å². The van der Waals surface area contributed by atoms with Crippen molar-refractivity contribution in [3.8, 4) is 0 Å². The van der Waals surface area contributed by atoms with Crippen LogP contribution >= 0.6 is 11.6 Å². The van der Waals surface area contributed by atoms with Gasteiger partial charge in [0.25, 0.3) is 5.91 Å². The monoisotopic (exact) mass is 276 g/mol. The smallest absolute Gasteiger partial charge is 0.272 e. The molecule has 1 aliphatic rings. The van der Waals surface area contributed by atoms with Gasteiger partial charge in [-0.05, 0) is 18.6 Å². The molecule has 1 aliphatic heterocycles. The molecular formula is C14H13ClN2O2. The number of aliphatic hydroxyl groups excluding tert-OH is 1. The SMILES string of the molecule is O=C(c1cc(Cl)c2ccccc2n1)N1CC[C@@H](O)C1. The van der Waals surface area contributed by atoms with Gasteiger partial charge in [-0.1, -0.05) is 29.8 Å². The molecule has 1 fully saturated rings. The minimum Gasteiger partial charge on any atom is -0.391 e. The van der Waals surface area contributed by atoms with Crippen molar-refractivity contribution in [2.45, 2.75) is 12.5 Å². The lowest BCUT2D eigenvalue weighted by Crippen LogP contribution is -2.30. The number of rotatable bonds is 1. The molecule has 0 radical (unpaired) electrons.